The Morgan fingerprint density at radius 2 is 2.17 bits per heavy atom. The summed E-state index contributed by atoms with van der Waals surface area (Å²) in [7, 11) is 3.07. The molecule has 1 N–H and O–H groups in total. The van der Waals surface area contributed by atoms with Crippen molar-refractivity contribution in [2.24, 2.45) is 13.0 Å². The van der Waals surface area contributed by atoms with Gasteiger partial charge in [-0.3, -0.25) is 18.7 Å². The molecule has 134 valence electrons. The van der Waals surface area contributed by atoms with Crippen LogP contribution in [0.25, 0.3) is 0 Å². The summed E-state index contributed by atoms with van der Waals surface area (Å²) in [5, 5.41) is 2.86. The van der Waals surface area contributed by atoms with Crippen LogP contribution in [-0.4, -0.2) is 48.4 Å². The highest BCUT2D eigenvalue weighted by Crippen LogP contribution is 2.21. The van der Waals surface area contributed by atoms with Gasteiger partial charge in [-0.05, 0) is 19.8 Å². The predicted octanol–water partition coefficient (Wildman–Crippen LogP) is -0.454. The second-order valence-corrected chi connectivity index (χ2v) is 6.00. The highest BCUT2D eigenvalue weighted by atomic mass is 16.5. The van der Waals surface area contributed by atoms with Gasteiger partial charge < -0.3 is 15.0 Å². The van der Waals surface area contributed by atoms with Crippen molar-refractivity contribution < 1.29 is 9.53 Å². The summed E-state index contributed by atoms with van der Waals surface area (Å²) in [6.45, 7) is 4.54. The van der Waals surface area contributed by atoms with Crippen LogP contribution in [0.15, 0.2) is 15.7 Å². The second kappa shape index (κ2) is 8.14. The minimum atomic E-state index is -0.327. The molecular weight excluding hydrogens is 312 g/mol. The van der Waals surface area contributed by atoms with Crippen molar-refractivity contribution in [3.63, 3.8) is 0 Å². The molecule has 1 saturated heterocycles. The molecule has 8 heteroatoms. The summed E-state index contributed by atoms with van der Waals surface area (Å²) in [4.78, 5) is 38.5. The lowest BCUT2D eigenvalue weighted by atomic mass is 9.97. The van der Waals surface area contributed by atoms with Gasteiger partial charge in [0.1, 0.15) is 5.82 Å². The van der Waals surface area contributed by atoms with Crippen LogP contribution in [0.3, 0.4) is 0 Å². The van der Waals surface area contributed by atoms with E-state index in [9.17, 15) is 14.4 Å². The number of nitrogens with one attached hydrogen (secondary N) is 1. The normalized spacial score (nSPS) is 17.8. The first-order chi connectivity index (χ1) is 11.5. The van der Waals surface area contributed by atoms with E-state index in [1.54, 1.807) is 11.7 Å². The number of rotatable bonds is 6. The Hall–Kier alpha value is -2.09. The minimum absolute atomic E-state index is 0.00835. The average Bonchev–Trinajstić information content (AvgIpc) is 2.59. The van der Waals surface area contributed by atoms with E-state index in [0.717, 1.165) is 24.0 Å². The molecule has 0 saturated carbocycles. The lowest BCUT2D eigenvalue weighted by molar-refractivity contribution is -0.125. The van der Waals surface area contributed by atoms with Crippen molar-refractivity contribution in [2.45, 2.75) is 26.3 Å². The third kappa shape index (κ3) is 3.87. The molecule has 0 aliphatic carbocycles. The maximum atomic E-state index is 12.3. The van der Waals surface area contributed by atoms with Gasteiger partial charge >= 0.3 is 5.69 Å². The van der Waals surface area contributed by atoms with E-state index in [1.807, 2.05) is 11.8 Å². The van der Waals surface area contributed by atoms with E-state index in [1.165, 1.54) is 13.1 Å². The van der Waals surface area contributed by atoms with Gasteiger partial charge in [0.05, 0.1) is 12.5 Å². The van der Waals surface area contributed by atoms with Gasteiger partial charge in [-0.15, -0.1) is 0 Å². The standard InChI is InChI=1S/C16H26N4O4/c1-4-20-13(10-14(21)18(2)16(20)23)19-8-5-6-12(11-19)15(22)17-7-9-24-3/h10,12H,4-9,11H2,1-3H3,(H,17,22). The Kier molecular flexibility index (Phi) is 6.19. The summed E-state index contributed by atoms with van der Waals surface area (Å²) >= 11 is 0. The van der Waals surface area contributed by atoms with Gasteiger partial charge in [-0.2, -0.15) is 0 Å². The highest BCUT2D eigenvalue weighted by Gasteiger charge is 2.27. The molecule has 8 nitrogen and oxygen atoms in total. The monoisotopic (exact) mass is 338 g/mol. The summed E-state index contributed by atoms with van der Waals surface area (Å²) in [5.74, 6) is 0.436. The van der Waals surface area contributed by atoms with Crippen molar-refractivity contribution >= 4 is 11.7 Å². The van der Waals surface area contributed by atoms with Gasteiger partial charge in [-0.1, -0.05) is 0 Å². The van der Waals surface area contributed by atoms with Gasteiger partial charge in [0.15, 0.2) is 0 Å². The zero-order valence-corrected chi connectivity index (χ0v) is 14.6. The molecular formula is C16H26N4O4. The Labute approximate surface area is 141 Å². The van der Waals surface area contributed by atoms with Crippen LogP contribution >= 0.6 is 0 Å². The summed E-state index contributed by atoms with van der Waals surface area (Å²) in [5.41, 5.74) is -0.655. The summed E-state index contributed by atoms with van der Waals surface area (Å²) in [6, 6.07) is 1.48. The first-order valence-electron chi connectivity index (χ1n) is 8.32. The largest absolute Gasteiger partial charge is 0.383 e. The van der Waals surface area contributed by atoms with Crippen molar-refractivity contribution in [1.29, 1.82) is 0 Å². The molecule has 1 fully saturated rings. The number of methoxy groups -OCH3 is 1. The van der Waals surface area contributed by atoms with Crippen molar-refractivity contribution in [1.82, 2.24) is 14.5 Å². The maximum absolute atomic E-state index is 12.3. The molecule has 0 spiro atoms. The van der Waals surface area contributed by atoms with E-state index in [4.69, 9.17) is 4.74 Å². The molecule has 0 radical (unpaired) electrons. The molecule has 1 atom stereocenters. The Bertz CT molecular complexity index is 694. The molecule has 24 heavy (non-hydrogen) atoms. The molecule has 2 rings (SSSR count). The molecule has 2 heterocycles. The third-order valence-corrected chi connectivity index (χ3v) is 4.42. The van der Waals surface area contributed by atoms with E-state index in [-0.39, 0.29) is 23.1 Å². The van der Waals surface area contributed by atoms with Crippen molar-refractivity contribution in [2.75, 3.05) is 38.3 Å². The number of piperidine rings is 1. The van der Waals surface area contributed by atoms with E-state index < -0.39 is 0 Å². The number of anilines is 1. The predicted molar refractivity (Wildman–Crippen MR) is 91.4 cm³/mol. The van der Waals surface area contributed by atoms with Crippen LogP contribution in [0.1, 0.15) is 19.8 Å². The van der Waals surface area contributed by atoms with Crippen molar-refractivity contribution in [3.8, 4) is 0 Å². The summed E-state index contributed by atoms with van der Waals surface area (Å²) < 4.78 is 7.62. The molecule has 1 amide bonds. The maximum Gasteiger partial charge on any atom is 0.332 e. The molecule has 0 aromatic carbocycles. The molecule has 1 aromatic heterocycles. The van der Waals surface area contributed by atoms with Gasteiger partial charge in [0, 0.05) is 46.4 Å². The lowest BCUT2D eigenvalue weighted by Crippen LogP contribution is -2.47. The van der Waals surface area contributed by atoms with E-state index in [0.29, 0.717) is 32.1 Å². The Morgan fingerprint density at radius 3 is 2.83 bits per heavy atom. The number of carbonyl (C=O) groups excluding carboxylic acids is 1. The zero-order chi connectivity index (χ0) is 17.7. The van der Waals surface area contributed by atoms with E-state index in [2.05, 4.69) is 5.32 Å². The quantitative estimate of drug-likeness (QED) is 0.710. The fraction of sp³-hybridized carbons (Fsp3) is 0.688. The number of amides is 1. The van der Waals surface area contributed by atoms with Crippen LogP contribution in [0, 0.1) is 5.92 Å². The number of nitrogens with zero attached hydrogens (tertiary/aromatic N) is 3. The fourth-order valence-corrected chi connectivity index (χ4v) is 3.04. The topological polar surface area (TPSA) is 85.6 Å². The van der Waals surface area contributed by atoms with Crippen LogP contribution in [0.4, 0.5) is 5.82 Å². The smallest absolute Gasteiger partial charge is 0.332 e. The SMILES string of the molecule is CCn1c(N2CCCC(C(=O)NCCOC)C2)cc(=O)n(C)c1=O. The van der Waals surface area contributed by atoms with Gasteiger partial charge in [0.2, 0.25) is 5.91 Å². The first-order valence-corrected chi connectivity index (χ1v) is 8.32. The molecule has 1 aromatic rings. The van der Waals surface area contributed by atoms with Gasteiger partial charge in [-0.25, -0.2) is 4.79 Å². The van der Waals surface area contributed by atoms with Crippen LogP contribution in [0.2, 0.25) is 0 Å². The molecule has 1 aliphatic rings. The highest BCUT2D eigenvalue weighted by molar-refractivity contribution is 5.79. The third-order valence-electron chi connectivity index (χ3n) is 4.42. The number of hydrogen-bond donors (Lipinski definition) is 1. The number of ether oxygens (including phenoxy) is 1. The van der Waals surface area contributed by atoms with Gasteiger partial charge in [0.25, 0.3) is 5.56 Å². The zero-order valence-electron chi connectivity index (χ0n) is 14.6. The Balaban J connectivity index is 2.19. The van der Waals surface area contributed by atoms with Crippen LogP contribution in [0.5, 0.6) is 0 Å². The molecule has 1 aliphatic heterocycles. The average molecular weight is 338 g/mol. The Morgan fingerprint density at radius 1 is 1.42 bits per heavy atom. The number of aromatic nitrogens is 2. The van der Waals surface area contributed by atoms with Crippen molar-refractivity contribution in [3.05, 3.63) is 26.9 Å². The van der Waals surface area contributed by atoms with E-state index >= 15 is 0 Å². The van der Waals surface area contributed by atoms with Crippen LogP contribution in [-0.2, 0) is 23.1 Å². The number of hydrogen-bond acceptors (Lipinski definition) is 5. The molecule has 0 bridgehead atoms. The summed E-state index contributed by atoms with van der Waals surface area (Å²) in [6.07, 6.45) is 1.64. The molecule has 1 unspecified atom stereocenters. The first kappa shape index (κ1) is 18.3. The lowest BCUT2D eigenvalue weighted by Gasteiger charge is -2.34. The second-order valence-electron chi connectivity index (χ2n) is 6.00. The minimum Gasteiger partial charge on any atom is -0.383 e. The fourth-order valence-electron chi connectivity index (χ4n) is 3.04. The number of carbonyl (C=O) groups is 1. The van der Waals surface area contributed by atoms with Crippen LogP contribution < -0.4 is 21.5 Å².